The van der Waals surface area contributed by atoms with Crippen LogP contribution in [0.25, 0.3) is 0 Å². The Balaban J connectivity index is 3.74. The lowest BCUT2D eigenvalue weighted by Crippen LogP contribution is -1.86. The van der Waals surface area contributed by atoms with Gasteiger partial charge in [0.05, 0.1) is 0 Å². The van der Waals surface area contributed by atoms with Crippen molar-refractivity contribution in [2.45, 2.75) is 58.8 Å². The van der Waals surface area contributed by atoms with Gasteiger partial charge in [0, 0.05) is 6.61 Å². The minimum Gasteiger partial charge on any atom is -0.396 e. The molecule has 0 rings (SSSR count). The molecule has 0 aliphatic carbocycles. The van der Waals surface area contributed by atoms with Gasteiger partial charge in [0.15, 0.2) is 0 Å². The van der Waals surface area contributed by atoms with Crippen LogP contribution in [-0.4, -0.2) is 11.7 Å². The molecule has 0 aromatic rings. The summed E-state index contributed by atoms with van der Waals surface area (Å²) in [4.78, 5) is 0. The second kappa shape index (κ2) is 11.5. The standard InChI is InChI=1S/C14H26O/c1-3-5-6-7-8-11-14(10-4-2)12-9-13-15/h6-7,12,15H,3-5,8-11,13H2,1-2H3/b7-6-,14-12+. The number of hydrogen-bond donors (Lipinski definition) is 1. The van der Waals surface area contributed by atoms with E-state index in [9.17, 15) is 0 Å². The first-order valence-corrected chi connectivity index (χ1v) is 6.28. The summed E-state index contributed by atoms with van der Waals surface area (Å²) in [6.07, 6.45) is 14.7. The van der Waals surface area contributed by atoms with Crippen LogP contribution < -0.4 is 0 Å². The molecule has 0 aliphatic rings. The summed E-state index contributed by atoms with van der Waals surface area (Å²) in [7, 11) is 0. The average Bonchev–Trinajstić information content (AvgIpc) is 2.25. The number of allylic oxidation sites excluding steroid dienone is 3. The summed E-state index contributed by atoms with van der Waals surface area (Å²) in [5, 5.41) is 8.77. The van der Waals surface area contributed by atoms with Crippen molar-refractivity contribution < 1.29 is 5.11 Å². The van der Waals surface area contributed by atoms with Crippen molar-refractivity contribution in [3.63, 3.8) is 0 Å². The maximum atomic E-state index is 8.77. The zero-order valence-corrected chi connectivity index (χ0v) is 10.3. The maximum Gasteiger partial charge on any atom is 0.0465 e. The lowest BCUT2D eigenvalue weighted by Gasteiger charge is -2.03. The van der Waals surface area contributed by atoms with Gasteiger partial charge in [-0.3, -0.25) is 0 Å². The molecule has 1 nitrogen and oxygen atoms in total. The van der Waals surface area contributed by atoms with Crippen LogP contribution in [0.4, 0.5) is 0 Å². The zero-order valence-electron chi connectivity index (χ0n) is 10.3. The van der Waals surface area contributed by atoms with Crippen LogP contribution in [0, 0.1) is 0 Å². The normalized spacial score (nSPS) is 12.6. The van der Waals surface area contributed by atoms with Crippen LogP contribution in [0.15, 0.2) is 23.8 Å². The molecular weight excluding hydrogens is 184 g/mol. The van der Waals surface area contributed by atoms with Crippen molar-refractivity contribution in [1.29, 1.82) is 0 Å². The highest BCUT2D eigenvalue weighted by atomic mass is 16.2. The van der Waals surface area contributed by atoms with Crippen LogP contribution in [0.1, 0.15) is 58.8 Å². The van der Waals surface area contributed by atoms with Gasteiger partial charge in [-0.15, -0.1) is 0 Å². The highest BCUT2D eigenvalue weighted by Crippen LogP contribution is 2.13. The van der Waals surface area contributed by atoms with Crippen molar-refractivity contribution >= 4 is 0 Å². The summed E-state index contributed by atoms with van der Waals surface area (Å²) in [5.41, 5.74) is 1.51. The fraction of sp³-hybridized carbons (Fsp3) is 0.714. The lowest BCUT2D eigenvalue weighted by atomic mass is 10.0. The Morgan fingerprint density at radius 2 is 1.67 bits per heavy atom. The van der Waals surface area contributed by atoms with Crippen LogP contribution >= 0.6 is 0 Å². The number of rotatable bonds is 9. The third-order valence-electron chi connectivity index (χ3n) is 2.39. The quantitative estimate of drug-likeness (QED) is 0.565. The Bertz CT molecular complexity index is 180. The second-order valence-electron chi connectivity index (χ2n) is 3.92. The lowest BCUT2D eigenvalue weighted by molar-refractivity contribution is 0.302. The number of hydrogen-bond acceptors (Lipinski definition) is 1. The fourth-order valence-electron chi connectivity index (χ4n) is 1.59. The van der Waals surface area contributed by atoms with Crippen LogP contribution in [0.3, 0.4) is 0 Å². The van der Waals surface area contributed by atoms with E-state index in [-0.39, 0.29) is 6.61 Å². The molecule has 0 aromatic carbocycles. The molecule has 88 valence electrons. The van der Waals surface area contributed by atoms with E-state index in [1.807, 2.05) is 0 Å². The molecule has 1 N–H and O–H groups in total. The Kier molecular flexibility index (Phi) is 11.1. The molecule has 1 heteroatoms. The molecule has 0 unspecified atom stereocenters. The fourth-order valence-corrected chi connectivity index (χ4v) is 1.59. The van der Waals surface area contributed by atoms with Crippen molar-refractivity contribution in [2.75, 3.05) is 6.61 Å². The summed E-state index contributed by atoms with van der Waals surface area (Å²) >= 11 is 0. The summed E-state index contributed by atoms with van der Waals surface area (Å²) in [6.45, 7) is 4.69. The van der Waals surface area contributed by atoms with Gasteiger partial charge >= 0.3 is 0 Å². The number of aliphatic hydroxyl groups excluding tert-OH is 1. The Morgan fingerprint density at radius 3 is 2.27 bits per heavy atom. The molecule has 0 saturated carbocycles. The molecule has 15 heavy (non-hydrogen) atoms. The molecule has 0 bridgehead atoms. The van der Waals surface area contributed by atoms with Crippen molar-refractivity contribution in [3.05, 3.63) is 23.8 Å². The highest BCUT2D eigenvalue weighted by Gasteiger charge is 1.94. The molecule has 0 amide bonds. The molecule has 0 atom stereocenters. The monoisotopic (exact) mass is 210 g/mol. The largest absolute Gasteiger partial charge is 0.396 e. The first-order chi connectivity index (χ1) is 7.35. The SMILES string of the molecule is CCC/C=C\CC/C(=C/CCO)CCC. The van der Waals surface area contributed by atoms with Gasteiger partial charge in [-0.1, -0.05) is 50.5 Å². The average molecular weight is 210 g/mol. The Hall–Kier alpha value is -0.560. The van der Waals surface area contributed by atoms with E-state index >= 15 is 0 Å². The minimum atomic E-state index is 0.277. The van der Waals surface area contributed by atoms with E-state index in [1.165, 1.54) is 31.3 Å². The van der Waals surface area contributed by atoms with Crippen molar-refractivity contribution in [1.82, 2.24) is 0 Å². The zero-order chi connectivity index (χ0) is 11.4. The highest BCUT2D eigenvalue weighted by molar-refractivity contribution is 5.03. The Morgan fingerprint density at radius 1 is 0.933 bits per heavy atom. The van der Waals surface area contributed by atoms with E-state index in [2.05, 4.69) is 32.1 Å². The maximum absolute atomic E-state index is 8.77. The van der Waals surface area contributed by atoms with Crippen LogP contribution in [0.5, 0.6) is 0 Å². The predicted octanol–water partition coefficient (Wildman–Crippen LogP) is 4.23. The predicted molar refractivity (Wildman–Crippen MR) is 68.0 cm³/mol. The topological polar surface area (TPSA) is 20.2 Å². The van der Waals surface area contributed by atoms with E-state index in [1.54, 1.807) is 0 Å². The first kappa shape index (κ1) is 14.4. The van der Waals surface area contributed by atoms with Crippen molar-refractivity contribution in [2.24, 2.45) is 0 Å². The van der Waals surface area contributed by atoms with Crippen molar-refractivity contribution in [3.8, 4) is 0 Å². The van der Waals surface area contributed by atoms with Gasteiger partial charge in [-0.2, -0.15) is 0 Å². The van der Waals surface area contributed by atoms with Crippen LogP contribution in [-0.2, 0) is 0 Å². The van der Waals surface area contributed by atoms with Gasteiger partial charge in [0.2, 0.25) is 0 Å². The summed E-state index contributed by atoms with van der Waals surface area (Å²) < 4.78 is 0. The molecule has 0 aromatic heterocycles. The Labute approximate surface area is 94.9 Å². The molecule has 0 saturated heterocycles. The number of unbranched alkanes of at least 4 members (excludes halogenated alkanes) is 1. The van der Waals surface area contributed by atoms with Gasteiger partial charge in [0.1, 0.15) is 0 Å². The molecule has 0 radical (unpaired) electrons. The molecule has 0 heterocycles. The third kappa shape index (κ3) is 9.74. The van der Waals surface area contributed by atoms with E-state index in [4.69, 9.17) is 5.11 Å². The summed E-state index contributed by atoms with van der Waals surface area (Å²) in [6, 6.07) is 0. The van der Waals surface area contributed by atoms with E-state index in [0.717, 1.165) is 19.3 Å². The molecule has 0 spiro atoms. The first-order valence-electron chi connectivity index (χ1n) is 6.28. The molecule has 0 aliphatic heterocycles. The van der Waals surface area contributed by atoms with Gasteiger partial charge in [0.25, 0.3) is 0 Å². The second-order valence-corrected chi connectivity index (χ2v) is 3.92. The number of aliphatic hydroxyl groups is 1. The van der Waals surface area contributed by atoms with Gasteiger partial charge < -0.3 is 5.11 Å². The van der Waals surface area contributed by atoms with E-state index in [0.29, 0.717) is 0 Å². The third-order valence-corrected chi connectivity index (χ3v) is 2.39. The minimum absolute atomic E-state index is 0.277. The summed E-state index contributed by atoms with van der Waals surface area (Å²) in [5.74, 6) is 0. The van der Waals surface area contributed by atoms with Crippen LogP contribution in [0.2, 0.25) is 0 Å². The smallest absolute Gasteiger partial charge is 0.0465 e. The molecular formula is C14H26O. The van der Waals surface area contributed by atoms with E-state index < -0.39 is 0 Å². The van der Waals surface area contributed by atoms with Gasteiger partial charge in [-0.05, 0) is 32.1 Å². The molecule has 0 fully saturated rings. The van der Waals surface area contributed by atoms with Gasteiger partial charge in [-0.25, -0.2) is 0 Å².